The Labute approximate surface area is 333 Å². The molecular formula is C43H62BNO11. The number of rotatable bonds is 25. The number of esters is 2. The van der Waals surface area contributed by atoms with Gasteiger partial charge in [-0.15, -0.1) is 0 Å². The molecule has 0 unspecified atom stereocenters. The number of carbonyl (C=O) groups excluding carboxylic acids is 2. The van der Waals surface area contributed by atoms with Gasteiger partial charge < -0.3 is 4.74 Å². The molecule has 1 aliphatic heterocycles. The number of nitrogens with one attached hydrogen (secondary N) is 1. The predicted molar refractivity (Wildman–Crippen MR) is 213 cm³/mol. The summed E-state index contributed by atoms with van der Waals surface area (Å²) in [6.45, 7) is 8.76. The molecule has 13 heteroatoms. The van der Waals surface area contributed by atoms with E-state index in [0.29, 0.717) is 18.6 Å². The molecule has 1 N–H and O–H groups in total. The number of hydrogen-bond acceptors (Lipinski definition) is 12. The van der Waals surface area contributed by atoms with Crippen molar-refractivity contribution in [1.29, 1.82) is 5.31 Å². The Morgan fingerprint density at radius 2 is 1.57 bits per heavy atom. The maximum atomic E-state index is 13.5. The van der Waals surface area contributed by atoms with E-state index in [2.05, 4.69) is 6.92 Å². The number of ether oxygens (including phenoxy) is 8. The average molecular weight is 780 g/mol. The fraction of sp³-hybridized carbons (Fsp3) is 0.581. The van der Waals surface area contributed by atoms with E-state index in [0.717, 1.165) is 55.6 Å². The van der Waals surface area contributed by atoms with E-state index in [4.69, 9.17) is 47.9 Å². The molecular weight excluding hydrogens is 717 g/mol. The first-order chi connectivity index (χ1) is 26.9. The second-order valence-corrected chi connectivity index (χ2v) is 14.5. The van der Waals surface area contributed by atoms with Crippen molar-refractivity contribution in [2.45, 2.75) is 122 Å². The van der Waals surface area contributed by atoms with Crippen molar-refractivity contribution in [3.63, 3.8) is 0 Å². The van der Waals surface area contributed by atoms with E-state index in [1.807, 2.05) is 81.5 Å². The Bertz CT molecular complexity index is 1550. The van der Waals surface area contributed by atoms with Crippen molar-refractivity contribution in [3.05, 3.63) is 83.5 Å². The number of benzene rings is 2. The molecule has 308 valence electrons. The van der Waals surface area contributed by atoms with Crippen LogP contribution in [0.25, 0.3) is 0 Å². The number of unbranched alkanes of at least 4 members (excludes halogenated alkanes) is 4. The summed E-state index contributed by atoms with van der Waals surface area (Å²) in [6, 6.07) is 15.2. The molecule has 12 nitrogen and oxygen atoms in total. The molecule has 0 radical (unpaired) electrons. The van der Waals surface area contributed by atoms with Crippen LogP contribution in [-0.4, -0.2) is 84.5 Å². The molecule has 56 heavy (non-hydrogen) atoms. The quantitative estimate of drug-likeness (QED) is 0.0344. The summed E-state index contributed by atoms with van der Waals surface area (Å²) >= 11 is 0. The minimum atomic E-state index is -1.60. The number of carbonyl (C=O) groups is 2. The molecule has 0 saturated carbocycles. The number of methoxy groups -OCH3 is 4. The van der Waals surface area contributed by atoms with E-state index in [1.54, 1.807) is 14.2 Å². The first-order valence-corrected chi connectivity index (χ1v) is 19.4. The summed E-state index contributed by atoms with van der Waals surface area (Å²) in [5.74, 6) is -1.12. The second-order valence-electron chi connectivity index (χ2n) is 14.5. The Balaban J connectivity index is 1.96. The molecule has 3 rings (SSSR count). The van der Waals surface area contributed by atoms with Crippen molar-refractivity contribution >= 4 is 19.2 Å². The standard InChI is InChI=1S/C43H62BNO11/c1-9-10-11-12-13-15-39(46)54-41-34(27-40(47)50-7)26-37(28-38(31(2)56-44-45)53-30-33-18-22-36(49-6)23-19-33)55-43(41,51-8)42(3,4)24-14-25-52-29-32-16-20-35(48-5)21-17-32/h14,16-24,27,31,37-38,41,45H,9-13,15,25-26,28-30H2,1-8H3/b24-14+,34-27+/t31-,37+,38-,41+,43-/m1/s1. The van der Waals surface area contributed by atoms with Crippen LogP contribution >= 0.6 is 0 Å². The first-order valence-electron chi connectivity index (χ1n) is 19.4. The van der Waals surface area contributed by atoms with Gasteiger partial charge in [-0.2, -0.15) is 0 Å². The third kappa shape index (κ3) is 13.9. The van der Waals surface area contributed by atoms with Gasteiger partial charge in [-0.1, -0.05) is 44.7 Å². The topological polar surface area (TPSA) is 141 Å². The van der Waals surface area contributed by atoms with E-state index in [1.165, 1.54) is 20.3 Å². The third-order valence-corrected chi connectivity index (χ3v) is 10.0. The van der Waals surface area contributed by atoms with Crippen LogP contribution in [0.1, 0.15) is 90.2 Å². The minimum absolute atomic E-state index is 0.207. The maximum absolute atomic E-state index is 13.5. The van der Waals surface area contributed by atoms with Crippen LogP contribution in [0, 0.1) is 10.7 Å². The Morgan fingerprint density at radius 3 is 2.14 bits per heavy atom. The van der Waals surface area contributed by atoms with Crippen LogP contribution in [0.4, 0.5) is 0 Å². The van der Waals surface area contributed by atoms with Gasteiger partial charge in [0.05, 0.1) is 13.7 Å². The van der Waals surface area contributed by atoms with Crippen molar-refractivity contribution in [1.82, 2.24) is 0 Å². The summed E-state index contributed by atoms with van der Waals surface area (Å²) in [5.41, 5.74) is 1.44. The zero-order valence-corrected chi connectivity index (χ0v) is 34.5. The molecule has 0 spiro atoms. The number of hydrogen-bond donors (Lipinski definition) is 1. The molecule has 0 amide bonds. The molecule has 0 aromatic heterocycles. The summed E-state index contributed by atoms with van der Waals surface area (Å²) < 4.78 is 53.3. The predicted octanol–water partition coefficient (Wildman–Crippen LogP) is 8.07. The van der Waals surface area contributed by atoms with Crippen molar-refractivity contribution in [3.8, 4) is 11.5 Å². The summed E-state index contributed by atoms with van der Waals surface area (Å²) in [7, 11) is 6.94. The molecule has 1 aliphatic rings. The summed E-state index contributed by atoms with van der Waals surface area (Å²) in [5, 5.41) is 7.62. The van der Waals surface area contributed by atoms with Gasteiger partial charge in [0.2, 0.25) is 0 Å². The van der Waals surface area contributed by atoms with Gasteiger partial charge in [-0.3, -0.25) is 0 Å². The van der Waals surface area contributed by atoms with Gasteiger partial charge in [0.15, 0.2) is 0 Å². The fourth-order valence-corrected chi connectivity index (χ4v) is 6.77. The van der Waals surface area contributed by atoms with Crippen LogP contribution in [-0.2, 0) is 55.9 Å². The van der Waals surface area contributed by atoms with Gasteiger partial charge >= 0.3 is 248 Å². The Hall–Kier alpha value is -4.04. The van der Waals surface area contributed by atoms with Crippen LogP contribution in [0.3, 0.4) is 0 Å². The van der Waals surface area contributed by atoms with Gasteiger partial charge in [0, 0.05) is 0 Å². The van der Waals surface area contributed by atoms with Crippen molar-refractivity contribution in [2.75, 3.05) is 35.0 Å². The van der Waals surface area contributed by atoms with Crippen molar-refractivity contribution < 1.29 is 52.1 Å². The van der Waals surface area contributed by atoms with E-state index < -0.39 is 47.6 Å². The van der Waals surface area contributed by atoms with E-state index in [-0.39, 0.29) is 32.5 Å². The molecule has 1 heterocycles. The second kappa shape index (κ2) is 23.9. The van der Waals surface area contributed by atoms with Crippen LogP contribution in [0.5, 0.6) is 11.5 Å². The molecule has 2 aromatic rings. The van der Waals surface area contributed by atoms with Crippen LogP contribution in [0.2, 0.25) is 0 Å². The zero-order chi connectivity index (χ0) is 41.0. The van der Waals surface area contributed by atoms with Crippen LogP contribution < -0.4 is 9.47 Å². The van der Waals surface area contributed by atoms with E-state index >= 15 is 0 Å². The molecule has 1 saturated heterocycles. The smallest absolute Gasteiger partial charge is 0.497 e. The first kappa shape index (κ1) is 46.3. The molecule has 0 aliphatic carbocycles. The van der Waals surface area contributed by atoms with Crippen LogP contribution in [0.15, 0.2) is 72.3 Å². The Kier molecular flexibility index (Phi) is 19.8. The minimum Gasteiger partial charge on any atom is -0.497 e. The van der Waals surface area contributed by atoms with Gasteiger partial charge in [0.1, 0.15) is 5.75 Å². The Morgan fingerprint density at radius 1 is 0.946 bits per heavy atom. The SMILES string of the molecule is CCCCCCCC(=O)O[C@H]1/C(=C/C(=O)OC)C[C@@H](C[C@@H](OCc2ccc(OC)cc2)[C@@H](C)OB=N)O[C@@]1(OC)C(C)(C)/C=C/COCc1ccc(OC)cc1. The summed E-state index contributed by atoms with van der Waals surface area (Å²) in [6.07, 6.45) is 7.92. The van der Waals surface area contributed by atoms with Crippen molar-refractivity contribution in [2.24, 2.45) is 5.41 Å². The molecule has 2 aromatic carbocycles. The normalized spacial score (nSPS) is 20.2. The fourth-order valence-electron chi connectivity index (χ4n) is 6.77. The summed E-state index contributed by atoms with van der Waals surface area (Å²) in [4.78, 5) is 26.5. The monoisotopic (exact) mass is 779 g/mol. The van der Waals surface area contributed by atoms with Gasteiger partial charge in [-0.05, 0) is 17.7 Å². The average Bonchev–Trinajstić information content (AvgIpc) is 3.20. The zero-order valence-electron chi connectivity index (χ0n) is 34.5. The van der Waals surface area contributed by atoms with Gasteiger partial charge in [-0.25, -0.2) is 0 Å². The van der Waals surface area contributed by atoms with E-state index in [9.17, 15) is 9.59 Å². The molecule has 1 fully saturated rings. The molecule has 5 atom stereocenters. The molecule has 0 bridgehead atoms. The third-order valence-electron chi connectivity index (χ3n) is 10.0. The van der Waals surface area contributed by atoms with Gasteiger partial charge in [0.25, 0.3) is 0 Å².